The lowest BCUT2D eigenvalue weighted by molar-refractivity contribution is -0.133. The van der Waals surface area contributed by atoms with Crippen molar-refractivity contribution in [3.05, 3.63) is 24.3 Å². The van der Waals surface area contributed by atoms with E-state index in [1.807, 2.05) is 36.1 Å². The van der Waals surface area contributed by atoms with Gasteiger partial charge in [-0.25, -0.2) is 0 Å². The number of piperazine rings is 1. The van der Waals surface area contributed by atoms with Gasteiger partial charge in [0.05, 0.1) is 11.4 Å². The molecular formula is C15H19N3O2S. The summed E-state index contributed by atoms with van der Waals surface area (Å²) < 4.78 is 0. The molecule has 112 valence electrons. The van der Waals surface area contributed by atoms with Gasteiger partial charge in [-0.1, -0.05) is 12.1 Å². The second-order valence-corrected chi connectivity index (χ2v) is 6.39. The van der Waals surface area contributed by atoms with Gasteiger partial charge in [0.2, 0.25) is 11.8 Å². The number of benzene rings is 1. The SMILES string of the molecule is C[C@H]1CNCCN1C(=O)CN1C(=O)CSc2ccccc21. The van der Waals surface area contributed by atoms with Crippen molar-refractivity contribution >= 4 is 29.3 Å². The minimum atomic E-state index is 0.00911. The van der Waals surface area contributed by atoms with Crippen LogP contribution in [0.5, 0.6) is 0 Å². The van der Waals surface area contributed by atoms with E-state index >= 15 is 0 Å². The van der Waals surface area contributed by atoms with E-state index in [0.717, 1.165) is 23.7 Å². The van der Waals surface area contributed by atoms with E-state index in [0.29, 0.717) is 12.3 Å². The van der Waals surface area contributed by atoms with E-state index in [-0.39, 0.29) is 24.4 Å². The van der Waals surface area contributed by atoms with Gasteiger partial charge in [-0.3, -0.25) is 9.59 Å². The Bertz CT molecular complexity index is 564. The Labute approximate surface area is 128 Å². The summed E-state index contributed by atoms with van der Waals surface area (Å²) in [4.78, 5) is 29.3. The Morgan fingerprint density at radius 2 is 2.24 bits per heavy atom. The van der Waals surface area contributed by atoms with Crippen molar-refractivity contribution in [2.24, 2.45) is 0 Å². The summed E-state index contributed by atoms with van der Waals surface area (Å²) in [5, 5.41) is 3.27. The van der Waals surface area contributed by atoms with Crippen LogP contribution in [0.1, 0.15) is 6.92 Å². The fraction of sp³-hybridized carbons (Fsp3) is 0.467. The molecule has 2 amide bonds. The number of para-hydroxylation sites is 1. The smallest absolute Gasteiger partial charge is 0.242 e. The van der Waals surface area contributed by atoms with Crippen LogP contribution in [0.2, 0.25) is 0 Å². The van der Waals surface area contributed by atoms with Gasteiger partial charge in [-0.05, 0) is 19.1 Å². The third kappa shape index (κ3) is 2.91. The molecule has 1 N–H and O–H groups in total. The van der Waals surface area contributed by atoms with Crippen LogP contribution < -0.4 is 10.2 Å². The van der Waals surface area contributed by atoms with E-state index in [2.05, 4.69) is 5.32 Å². The van der Waals surface area contributed by atoms with Crippen LogP contribution in [0, 0.1) is 0 Å². The zero-order chi connectivity index (χ0) is 14.8. The van der Waals surface area contributed by atoms with Gasteiger partial charge >= 0.3 is 0 Å². The summed E-state index contributed by atoms with van der Waals surface area (Å²) in [6, 6.07) is 7.95. The largest absolute Gasteiger partial charge is 0.336 e. The van der Waals surface area contributed by atoms with E-state index in [4.69, 9.17) is 0 Å². The second kappa shape index (κ2) is 6.07. The molecule has 0 aromatic heterocycles. The standard InChI is InChI=1S/C15H19N3O2S/c1-11-8-16-6-7-17(11)14(19)9-18-12-4-2-3-5-13(12)21-10-15(18)20/h2-5,11,16H,6-10H2,1H3/t11-/m0/s1. The van der Waals surface area contributed by atoms with Crippen molar-refractivity contribution in [1.29, 1.82) is 0 Å². The molecule has 0 radical (unpaired) electrons. The molecule has 6 heteroatoms. The van der Waals surface area contributed by atoms with Crippen LogP contribution in [0.3, 0.4) is 0 Å². The zero-order valence-electron chi connectivity index (χ0n) is 12.0. The Morgan fingerprint density at radius 3 is 3.05 bits per heavy atom. The predicted octanol–water partition coefficient (Wildman–Crippen LogP) is 0.946. The molecule has 0 spiro atoms. The lowest BCUT2D eigenvalue weighted by Gasteiger charge is -2.36. The third-order valence-electron chi connectivity index (χ3n) is 3.92. The number of nitrogens with one attached hydrogen (secondary N) is 1. The van der Waals surface area contributed by atoms with Crippen LogP contribution in [-0.2, 0) is 9.59 Å². The monoisotopic (exact) mass is 305 g/mol. The van der Waals surface area contributed by atoms with Crippen molar-refractivity contribution in [2.45, 2.75) is 17.9 Å². The minimum absolute atomic E-state index is 0.00911. The maximum absolute atomic E-state index is 12.5. The third-order valence-corrected chi connectivity index (χ3v) is 4.97. The molecular weight excluding hydrogens is 286 g/mol. The fourth-order valence-corrected chi connectivity index (χ4v) is 3.70. The molecule has 0 bridgehead atoms. The summed E-state index contributed by atoms with van der Waals surface area (Å²) in [6.07, 6.45) is 0. The van der Waals surface area contributed by atoms with E-state index < -0.39 is 0 Å². The average Bonchev–Trinajstić information content (AvgIpc) is 2.50. The van der Waals surface area contributed by atoms with Crippen LogP contribution in [0.25, 0.3) is 0 Å². The van der Waals surface area contributed by atoms with Crippen molar-refractivity contribution in [2.75, 3.05) is 36.8 Å². The highest BCUT2D eigenvalue weighted by molar-refractivity contribution is 8.00. The van der Waals surface area contributed by atoms with E-state index in [1.54, 1.807) is 4.90 Å². The molecule has 0 aliphatic carbocycles. The quantitative estimate of drug-likeness (QED) is 0.884. The predicted molar refractivity (Wildman–Crippen MR) is 83.6 cm³/mol. The van der Waals surface area contributed by atoms with Gasteiger partial charge in [0, 0.05) is 30.6 Å². The second-order valence-electron chi connectivity index (χ2n) is 5.38. The lowest BCUT2D eigenvalue weighted by atomic mass is 10.2. The van der Waals surface area contributed by atoms with Crippen LogP contribution in [0.15, 0.2) is 29.2 Å². The van der Waals surface area contributed by atoms with E-state index in [1.165, 1.54) is 11.8 Å². The normalized spacial score (nSPS) is 22.1. The van der Waals surface area contributed by atoms with Crippen LogP contribution in [0.4, 0.5) is 5.69 Å². The van der Waals surface area contributed by atoms with Gasteiger partial charge in [-0.2, -0.15) is 0 Å². The summed E-state index contributed by atoms with van der Waals surface area (Å²) in [5.74, 6) is 0.440. The molecule has 3 rings (SSSR count). The lowest BCUT2D eigenvalue weighted by Crippen LogP contribution is -2.55. The molecule has 1 saturated heterocycles. The Balaban J connectivity index is 1.77. The Kier molecular flexibility index (Phi) is 4.17. The van der Waals surface area contributed by atoms with Crippen LogP contribution >= 0.6 is 11.8 Å². The number of fused-ring (bicyclic) bond motifs is 1. The summed E-state index contributed by atoms with van der Waals surface area (Å²) in [6.45, 7) is 4.51. The molecule has 2 heterocycles. The molecule has 21 heavy (non-hydrogen) atoms. The first-order chi connectivity index (χ1) is 10.2. The van der Waals surface area contributed by atoms with Gasteiger partial charge in [-0.15, -0.1) is 11.8 Å². The summed E-state index contributed by atoms with van der Waals surface area (Å²) in [5.41, 5.74) is 0.856. The molecule has 1 aromatic rings. The number of hydrogen-bond donors (Lipinski definition) is 1. The molecule has 2 aliphatic heterocycles. The number of thioether (sulfide) groups is 1. The fourth-order valence-electron chi connectivity index (χ4n) is 2.76. The number of carbonyl (C=O) groups is 2. The zero-order valence-corrected chi connectivity index (χ0v) is 12.9. The highest BCUT2D eigenvalue weighted by Crippen LogP contribution is 2.34. The van der Waals surface area contributed by atoms with Crippen molar-refractivity contribution in [3.8, 4) is 0 Å². The van der Waals surface area contributed by atoms with Gasteiger partial charge < -0.3 is 15.1 Å². The van der Waals surface area contributed by atoms with Gasteiger partial charge in [0.25, 0.3) is 0 Å². The summed E-state index contributed by atoms with van der Waals surface area (Å²) >= 11 is 1.54. The van der Waals surface area contributed by atoms with Crippen molar-refractivity contribution in [3.63, 3.8) is 0 Å². The first-order valence-electron chi connectivity index (χ1n) is 7.19. The maximum Gasteiger partial charge on any atom is 0.242 e. The highest BCUT2D eigenvalue weighted by atomic mass is 32.2. The number of hydrogen-bond acceptors (Lipinski definition) is 4. The number of rotatable bonds is 2. The Hall–Kier alpha value is -1.53. The first kappa shape index (κ1) is 14.4. The van der Waals surface area contributed by atoms with Gasteiger partial charge in [0.1, 0.15) is 6.54 Å². The number of amides is 2. The molecule has 1 atom stereocenters. The van der Waals surface area contributed by atoms with Crippen molar-refractivity contribution < 1.29 is 9.59 Å². The number of nitrogens with zero attached hydrogens (tertiary/aromatic N) is 2. The average molecular weight is 305 g/mol. The Morgan fingerprint density at radius 1 is 1.43 bits per heavy atom. The van der Waals surface area contributed by atoms with Crippen LogP contribution in [-0.4, -0.2) is 54.7 Å². The molecule has 1 aromatic carbocycles. The minimum Gasteiger partial charge on any atom is -0.336 e. The maximum atomic E-state index is 12.5. The first-order valence-corrected chi connectivity index (χ1v) is 8.18. The van der Waals surface area contributed by atoms with E-state index in [9.17, 15) is 9.59 Å². The number of anilines is 1. The molecule has 0 saturated carbocycles. The topological polar surface area (TPSA) is 52.7 Å². The highest BCUT2D eigenvalue weighted by Gasteiger charge is 2.30. The number of carbonyl (C=O) groups excluding carboxylic acids is 2. The molecule has 0 unspecified atom stereocenters. The molecule has 1 fully saturated rings. The summed E-state index contributed by atoms with van der Waals surface area (Å²) in [7, 11) is 0. The molecule has 2 aliphatic rings. The van der Waals surface area contributed by atoms with Crippen molar-refractivity contribution in [1.82, 2.24) is 10.2 Å². The molecule has 5 nitrogen and oxygen atoms in total. The van der Waals surface area contributed by atoms with Gasteiger partial charge in [0.15, 0.2) is 0 Å².